The van der Waals surface area contributed by atoms with Gasteiger partial charge in [-0.15, -0.1) is 0 Å². The SMILES string of the molecule is CCCCc1nc(-c2cccc(-c3noc(-c4cccc(-c5nc(-c6cccc(-c7noc(N)n7)c6)no5)c4)n3)c2)no1. The molecule has 0 saturated heterocycles. The molecule has 4 aromatic heterocycles. The van der Waals surface area contributed by atoms with Crippen molar-refractivity contribution in [2.45, 2.75) is 26.2 Å². The van der Waals surface area contributed by atoms with E-state index in [-0.39, 0.29) is 6.01 Å². The van der Waals surface area contributed by atoms with Crippen molar-refractivity contribution in [2.24, 2.45) is 0 Å². The van der Waals surface area contributed by atoms with Crippen LogP contribution in [0.5, 0.6) is 0 Å². The maximum absolute atomic E-state index is 5.62. The molecule has 0 saturated carbocycles. The Balaban J connectivity index is 1.11. The van der Waals surface area contributed by atoms with E-state index in [1.54, 1.807) is 0 Å². The minimum Gasteiger partial charge on any atom is -0.351 e. The summed E-state index contributed by atoms with van der Waals surface area (Å²) in [7, 11) is 0. The molecular weight excluding hydrogens is 550 g/mol. The third-order valence-corrected chi connectivity index (χ3v) is 6.62. The third-order valence-electron chi connectivity index (χ3n) is 6.62. The van der Waals surface area contributed by atoms with E-state index in [4.69, 9.17) is 23.8 Å². The van der Waals surface area contributed by atoms with Gasteiger partial charge in [-0.3, -0.25) is 0 Å². The summed E-state index contributed by atoms with van der Waals surface area (Å²) in [6.07, 6.45) is 2.81. The fraction of sp³-hybridized carbons (Fsp3) is 0.133. The molecule has 2 N–H and O–H groups in total. The largest absolute Gasteiger partial charge is 0.351 e. The number of nitrogens with zero attached hydrogens (tertiary/aromatic N) is 8. The van der Waals surface area contributed by atoms with Gasteiger partial charge >= 0.3 is 6.01 Å². The third kappa shape index (κ3) is 5.38. The van der Waals surface area contributed by atoms with E-state index >= 15 is 0 Å². The first-order valence-electron chi connectivity index (χ1n) is 13.5. The lowest BCUT2D eigenvalue weighted by Gasteiger charge is -1.99. The molecule has 0 spiro atoms. The fourth-order valence-corrected chi connectivity index (χ4v) is 4.45. The topological polar surface area (TPSA) is 182 Å². The first-order chi connectivity index (χ1) is 21.1. The van der Waals surface area contributed by atoms with E-state index in [2.05, 4.69) is 47.5 Å². The average Bonchev–Trinajstić information content (AvgIpc) is 3.88. The van der Waals surface area contributed by atoms with Crippen LogP contribution in [0.1, 0.15) is 25.7 Å². The molecule has 0 fully saturated rings. The molecule has 4 heterocycles. The maximum Gasteiger partial charge on any atom is 0.319 e. The zero-order valence-electron chi connectivity index (χ0n) is 22.8. The van der Waals surface area contributed by atoms with E-state index < -0.39 is 0 Å². The minimum atomic E-state index is -0.0101. The summed E-state index contributed by atoms with van der Waals surface area (Å²) in [5, 5.41) is 16.3. The highest BCUT2D eigenvalue weighted by atomic mass is 16.5. The minimum absolute atomic E-state index is 0.0101. The Morgan fingerprint density at radius 3 is 1.49 bits per heavy atom. The van der Waals surface area contributed by atoms with Crippen molar-refractivity contribution in [1.82, 2.24) is 40.6 Å². The lowest BCUT2D eigenvalue weighted by atomic mass is 10.1. The van der Waals surface area contributed by atoms with Gasteiger partial charge < -0.3 is 23.8 Å². The van der Waals surface area contributed by atoms with Crippen LogP contribution in [-0.2, 0) is 6.42 Å². The van der Waals surface area contributed by atoms with Crippen molar-refractivity contribution in [3.8, 4) is 68.5 Å². The van der Waals surface area contributed by atoms with Crippen LogP contribution in [0.3, 0.4) is 0 Å². The Morgan fingerprint density at radius 1 is 0.535 bits per heavy atom. The molecule has 0 amide bonds. The van der Waals surface area contributed by atoms with Crippen molar-refractivity contribution >= 4 is 6.01 Å². The monoisotopic (exact) mass is 573 g/mol. The number of aryl methyl sites for hydroxylation is 1. The fourth-order valence-electron chi connectivity index (χ4n) is 4.45. The molecule has 0 aliphatic rings. The van der Waals surface area contributed by atoms with E-state index in [0.717, 1.165) is 30.4 Å². The van der Waals surface area contributed by atoms with Crippen molar-refractivity contribution in [2.75, 3.05) is 5.73 Å². The smallest absolute Gasteiger partial charge is 0.319 e. The number of benzene rings is 3. The molecule has 0 bridgehead atoms. The van der Waals surface area contributed by atoms with Crippen LogP contribution in [0, 0.1) is 0 Å². The summed E-state index contributed by atoms with van der Waals surface area (Å²) in [6, 6.07) is 22.4. The standard InChI is InChI=1S/C30H23N9O4/c1-2-3-13-23-32-24(36-40-23)17-7-4-8-18(14-17)25-33-28(41-37-25)21-11-6-12-22(16-21)29-34-26(38-42-29)19-9-5-10-20(15-19)27-35-30(31)43-39-27/h4-12,14-16H,2-3,13H2,1H3,(H2,31,35,39). The van der Waals surface area contributed by atoms with Crippen LogP contribution in [0.4, 0.5) is 6.01 Å². The van der Waals surface area contributed by atoms with Gasteiger partial charge in [0.1, 0.15) is 0 Å². The lowest BCUT2D eigenvalue weighted by molar-refractivity contribution is 0.375. The predicted molar refractivity (Wildman–Crippen MR) is 154 cm³/mol. The molecule has 0 aliphatic heterocycles. The van der Waals surface area contributed by atoms with E-state index in [0.29, 0.717) is 63.2 Å². The van der Waals surface area contributed by atoms with Gasteiger partial charge in [0.2, 0.25) is 29.2 Å². The van der Waals surface area contributed by atoms with Crippen molar-refractivity contribution in [3.63, 3.8) is 0 Å². The molecule has 43 heavy (non-hydrogen) atoms. The van der Waals surface area contributed by atoms with Gasteiger partial charge in [-0.1, -0.05) is 76.4 Å². The summed E-state index contributed by atoms with van der Waals surface area (Å²) >= 11 is 0. The maximum atomic E-state index is 5.62. The van der Waals surface area contributed by atoms with E-state index in [1.165, 1.54) is 0 Å². The van der Waals surface area contributed by atoms with Crippen molar-refractivity contribution in [1.29, 1.82) is 0 Å². The highest BCUT2D eigenvalue weighted by Crippen LogP contribution is 2.30. The van der Waals surface area contributed by atoms with Gasteiger partial charge in [-0.2, -0.15) is 19.9 Å². The number of rotatable bonds is 9. The molecule has 0 radical (unpaired) electrons. The highest BCUT2D eigenvalue weighted by Gasteiger charge is 2.17. The average molecular weight is 574 g/mol. The summed E-state index contributed by atoms with van der Waals surface area (Å²) in [5.74, 6) is 3.02. The van der Waals surface area contributed by atoms with E-state index in [9.17, 15) is 0 Å². The van der Waals surface area contributed by atoms with Gasteiger partial charge in [0.05, 0.1) is 0 Å². The molecule has 7 rings (SSSR count). The van der Waals surface area contributed by atoms with Crippen molar-refractivity contribution in [3.05, 3.63) is 78.7 Å². The van der Waals surface area contributed by atoms with Gasteiger partial charge in [-0.25, -0.2) is 0 Å². The quantitative estimate of drug-likeness (QED) is 0.208. The normalized spacial score (nSPS) is 11.3. The number of hydrogen-bond donors (Lipinski definition) is 1. The molecular formula is C30H23N9O4. The molecule has 0 atom stereocenters. The lowest BCUT2D eigenvalue weighted by Crippen LogP contribution is -1.87. The summed E-state index contributed by atoms with van der Waals surface area (Å²) in [6.45, 7) is 2.12. The zero-order valence-corrected chi connectivity index (χ0v) is 22.8. The van der Waals surface area contributed by atoms with Crippen LogP contribution in [0.25, 0.3) is 68.5 Å². The van der Waals surface area contributed by atoms with Crippen molar-refractivity contribution < 1.29 is 18.1 Å². The van der Waals surface area contributed by atoms with Crippen LogP contribution in [0.2, 0.25) is 0 Å². The Morgan fingerprint density at radius 2 is 0.977 bits per heavy atom. The number of nitrogen functional groups attached to an aromatic ring is 1. The highest BCUT2D eigenvalue weighted by molar-refractivity contribution is 5.70. The number of unbranched alkanes of at least 4 members (excludes halogenated alkanes) is 1. The first-order valence-corrected chi connectivity index (χ1v) is 13.5. The van der Waals surface area contributed by atoms with Crippen LogP contribution >= 0.6 is 0 Å². The Hall–Kier alpha value is -5.98. The molecule has 212 valence electrons. The molecule has 7 aromatic rings. The van der Waals surface area contributed by atoms with Crippen LogP contribution < -0.4 is 5.73 Å². The van der Waals surface area contributed by atoms with Gasteiger partial charge in [-0.05, 0) is 36.8 Å². The van der Waals surface area contributed by atoms with Gasteiger partial charge in [0.15, 0.2) is 0 Å². The van der Waals surface area contributed by atoms with E-state index in [1.807, 2.05) is 72.8 Å². The predicted octanol–water partition coefficient (Wildman–Crippen LogP) is 6.15. The Bertz CT molecular complexity index is 2020. The number of nitrogens with two attached hydrogens (primary N) is 1. The number of aromatic nitrogens is 8. The van der Waals surface area contributed by atoms with Crippen LogP contribution in [-0.4, -0.2) is 40.6 Å². The second-order valence-corrected chi connectivity index (χ2v) is 9.66. The molecule has 13 nitrogen and oxygen atoms in total. The number of hydrogen-bond acceptors (Lipinski definition) is 13. The summed E-state index contributed by atoms with van der Waals surface area (Å²) in [5.41, 5.74) is 9.93. The molecule has 0 unspecified atom stereocenters. The first kappa shape index (κ1) is 26.0. The van der Waals surface area contributed by atoms with Gasteiger partial charge in [0, 0.05) is 39.8 Å². The Kier molecular flexibility index (Phi) is 6.71. The van der Waals surface area contributed by atoms with Gasteiger partial charge in [0.25, 0.3) is 11.8 Å². The second kappa shape index (κ2) is 11.1. The zero-order chi connectivity index (χ0) is 29.2. The Labute approximate surface area is 243 Å². The molecule has 13 heteroatoms. The molecule has 0 aliphatic carbocycles. The van der Waals surface area contributed by atoms with Crippen LogP contribution in [0.15, 0.2) is 90.9 Å². The molecule has 3 aromatic carbocycles. The number of anilines is 1. The summed E-state index contributed by atoms with van der Waals surface area (Å²) < 4.78 is 21.5. The summed E-state index contributed by atoms with van der Waals surface area (Å²) in [4.78, 5) is 17.8. The second-order valence-electron chi connectivity index (χ2n) is 9.66.